The summed E-state index contributed by atoms with van der Waals surface area (Å²) in [6.45, 7) is 7.26. The number of rotatable bonds is 13. The first kappa shape index (κ1) is 24.8. The van der Waals surface area contributed by atoms with Crippen molar-refractivity contribution >= 4 is 5.91 Å². The fourth-order valence-corrected chi connectivity index (χ4v) is 4.41. The van der Waals surface area contributed by atoms with E-state index in [1.807, 2.05) is 23.1 Å². The average molecular weight is 448 g/mol. The van der Waals surface area contributed by atoms with Crippen LogP contribution in [-0.2, 0) is 4.74 Å². The fourth-order valence-electron chi connectivity index (χ4n) is 4.41. The molecule has 3 rings (SSSR count). The largest absolute Gasteiger partial charge is 0.493 e. The molecule has 180 valence electrons. The molecular weight excluding hydrogens is 406 g/mol. The average Bonchev–Trinajstić information content (AvgIpc) is 3.62. The van der Waals surface area contributed by atoms with E-state index < -0.39 is 0 Å². The van der Waals surface area contributed by atoms with Gasteiger partial charge >= 0.3 is 0 Å². The molecule has 1 amide bonds. The molecule has 1 aromatic rings. The lowest BCUT2D eigenvalue weighted by Crippen LogP contribution is -2.54. The molecule has 2 atom stereocenters. The Balaban J connectivity index is 1.60. The van der Waals surface area contributed by atoms with Gasteiger partial charge in [0.2, 0.25) is 0 Å². The summed E-state index contributed by atoms with van der Waals surface area (Å²) in [5.74, 6) is 1.28. The highest BCUT2D eigenvalue weighted by atomic mass is 16.5. The zero-order chi connectivity index (χ0) is 22.9. The molecule has 1 heterocycles. The van der Waals surface area contributed by atoms with E-state index in [2.05, 4.69) is 24.5 Å². The summed E-state index contributed by atoms with van der Waals surface area (Å²) in [6, 6.07) is 7.08. The highest BCUT2D eigenvalue weighted by Gasteiger charge is 2.31. The van der Waals surface area contributed by atoms with Gasteiger partial charge in [-0.25, -0.2) is 0 Å². The molecule has 1 aliphatic heterocycles. The smallest absolute Gasteiger partial charge is 0.254 e. The predicted octanol–water partition coefficient (Wildman–Crippen LogP) is 3.22. The third-order valence-electron chi connectivity index (χ3n) is 6.34. The minimum absolute atomic E-state index is 0.0463. The second-order valence-corrected chi connectivity index (χ2v) is 9.22. The van der Waals surface area contributed by atoms with Crippen LogP contribution in [0.15, 0.2) is 18.2 Å². The number of hydrogen-bond donors (Lipinski definition) is 2. The number of nitrogens with zero attached hydrogens (tertiary/aromatic N) is 1. The molecule has 2 unspecified atom stereocenters. The van der Waals surface area contributed by atoms with Gasteiger partial charge in [-0.3, -0.25) is 4.79 Å². The van der Waals surface area contributed by atoms with Crippen LogP contribution in [0.4, 0.5) is 0 Å². The molecule has 1 saturated heterocycles. The maximum atomic E-state index is 13.5. The van der Waals surface area contributed by atoms with Crippen LogP contribution in [-0.4, -0.2) is 75.5 Å². The van der Waals surface area contributed by atoms with E-state index in [1.54, 1.807) is 14.2 Å². The molecular formula is C25H41N3O4. The number of ether oxygens (including phenoxy) is 3. The number of carbonyl (C=O) groups is 1. The van der Waals surface area contributed by atoms with Crippen molar-refractivity contribution in [2.75, 3.05) is 40.5 Å². The molecule has 1 aliphatic carbocycles. The highest BCUT2D eigenvalue weighted by molar-refractivity contribution is 5.95. The molecule has 0 spiro atoms. The molecule has 1 aromatic carbocycles. The number of benzene rings is 1. The van der Waals surface area contributed by atoms with Crippen LogP contribution in [0.3, 0.4) is 0 Å². The zero-order valence-corrected chi connectivity index (χ0v) is 20.2. The molecule has 0 radical (unpaired) electrons. The molecule has 2 N–H and O–H groups in total. The summed E-state index contributed by atoms with van der Waals surface area (Å²) >= 11 is 0. The van der Waals surface area contributed by atoms with Crippen molar-refractivity contribution in [3.63, 3.8) is 0 Å². The van der Waals surface area contributed by atoms with Crippen molar-refractivity contribution in [1.29, 1.82) is 0 Å². The van der Waals surface area contributed by atoms with Crippen LogP contribution in [0, 0.1) is 0 Å². The van der Waals surface area contributed by atoms with Crippen LogP contribution in [0.25, 0.3) is 0 Å². The number of nitrogens with one attached hydrogen (secondary N) is 2. The normalized spacial score (nSPS) is 20.9. The maximum Gasteiger partial charge on any atom is 0.254 e. The first-order valence-electron chi connectivity index (χ1n) is 12.1. The van der Waals surface area contributed by atoms with Gasteiger partial charge in [0.05, 0.1) is 13.7 Å². The number of hydrogen-bond acceptors (Lipinski definition) is 6. The van der Waals surface area contributed by atoms with Gasteiger partial charge in [-0.05, 0) is 70.7 Å². The van der Waals surface area contributed by atoms with E-state index in [0.717, 1.165) is 44.8 Å². The van der Waals surface area contributed by atoms with Crippen molar-refractivity contribution in [2.24, 2.45) is 0 Å². The third kappa shape index (κ3) is 7.09. The van der Waals surface area contributed by atoms with E-state index in [-0.39, 0.29) is 18.0 Å². The van der Waals surface area contributed by atoms with Gasteiger partial charge in [0.1, 0.15) is 0 Å². The first-order valence-corrected chi connectivity index (χ1v) is 12.1. The Morgan fingerprint density at radius 2 is 1.97 bits per heavy atom. The van der Waals surface area contributed by atoms with Gasteiger partial charge in [-0.15, -0.1) is 0 Å². The number of methoxy groups -OCH3 is 2. The highest BCUT2D eigenvalue weighted by Crippen LogP contribution is 2.30. The standard InChI is InChI=1S/C25H41N3O4/c1-18(2)28(22-10-9-21(27-17-22)12-13-26-20-7-8-20)25(29)19-6-11-23(31-4)24(16-19)32-15-5-14-30-3/h6,11,16,18,20-22,26-27H,5,7-10,12-15,17H2,1-4H3. The summed E-state index contributed by atoms with van der Waals surface area (Å²) in [4.78, 5) is 15.6. The SMILES string of the molecule is COCCCOc1cc(C(=O)N(C(C)C)C2CCC(CCNC3CC3)NC2)ccc1OC. The van der Waals surface area contributed by atoms with Gasteiger partial charge in [-0.1, -0.05) is 0 Å². The fraction of sp³-hybridized carbons (Fsp3) is 0.720. The molecule has 2 aliphatic rings. The molecule has 1 saturated carbocycles. The van der Waals surface area contributed by atoms with Gasteiger partial charge in [0, 0.05) is 56.4 Å². The quantitative estimate of drug-likeness (QED) is 0.453. The minimum Gasteiger partial charge on any atom is -0.493 e. The Morgan fingerprint density at radius 1 is 1.16 bits per heavy atom. The van der Waals surface area contributed by atoms with Gasteiger partial charge in [-0.2, -0.15) is 0 Å². The lowest BCUT2D eigenvalue weighted by atomic mass is 9.95. The van der Waals surface area contributed by atoms with Crippen LogP contribution >= 0.6 is 0 Å². The first-order chi connectivity index (χ1) is 15.5. The Bertz CT molecular complexity index is 715. The summed E-state index contributed by atoms with van der Waals surface area (Å²) in [5, 5.41) is 7.28. The number of carbonyl (C=O) groups excluding carboxylic acids is 1. The summed E-state index contributed by atoms with van der Waals surface area (Å²) in [5.41, 5.74) is 0.636. The summed E-state index contributed by atoms with van der Waals surface area (Å²) < 4.78 is 16.4. The van der Waals surface area contributed by atoms with Crippen molar-refractivity contribution in [3.8, 4) is 11.5 Å². The van der Waals surface area contributed by atoms with Crippen LogP contribution < -0.4 is 20.1 Å². The monoisotopic (exact) mass is 447 g/mol. The number of amides is 1. The van der Waals surface area contributed by atoms with E-state index in [4.69, 9.17) is 14.2 Å². The number of piperidine rings is 1. The van der Waals surface area contributed by atoms with Gasteiger partial charge < -0.3 is 29.7 Å². The second-order valence-electron chi connectivity index (χ2n) is 9.22. The summed E-state index contributed by atoms with van der Waals surface area (Å²) in [7, 11) is 3.29. The molecule has 7 heteroatoms. The Morgan fingerprint density at radius 3 is 2.59 bits per heavy atom. The van der Waals surface area contributed by atoms with Crippen molar-refractivity contribution in [3.05, 3.63) is 23.8 Å². The topological polar surface area (TPSA) is 72.1 Å². The van der Waals surface area contributed by atoms with Crippen LogP contribution in [0.2, 0.25) is 0 Å². The molecule has 0 bridgehead atoms. The second kappa shape index (κ2) is 12.4. The Labute approximate surface area is 193 Å². The molecule has 0 aromatic heterocycles. The Hall–Kier alpha value is -1.83. The van der Waals surface area contributed by atoms with E-state index >= 15 is 0 Å². The van der Waals surface area contributed by atoms with Crippen LogP contribution in [0.5, 0.6) is 11.5 Å². The van der Waals surface area contributed by atoms with Crippen molar-refractivity contribution in [1.82, 2.24) is 15.5 Å². The van der Waals surface area contributed by atoms with Crippen molar-refractivity contribution < 1.29 is 19.0 Å². The zero-order valence-electron chi connectivity index (χ0n) is 20.2. The lowest BCUT2D eigenvalue weighted by Gasteiger charge is -2.40. The minimum atomic E-state index is 0.0463. The van der Waals surface area contributed by atoms with Gasteiger partial charge in [0.25, 0.3) is 5.91 Å². The lowest BCUT2D eigenvalue weighted by molar-refractivity contribution is 0.0552. The van der Waals surface area contributed by atoms with Gasteiger partial charge in [0.15, 0.2) is 11.5 Å². The van der Waals surface area contributed by atoms with E-state index in [9.17, 15) is 4.79 Å². The van der Waals surface area contributed by atoms with Crippen LogP contribution in [0.1, 0.15) is 62.7 Å². The molecule has 7 nitrogen and oxygen atoms in total. The summed E-state index contributed by atoms with van der Waals surface area (Å²) in [6.07, 6.45) is 6.72. The van der Waals surface area contributed by atoms with E-state index in [1.165, 1.54) is 12.8 Å². The Kier molecular flexibility index (Phi) is 9.63. The van der Waals surface area contributed by atoms with E-state index in [0.29, 0.717) is 36.3 Å². The molecule has 2 fully saturated rings. The predicted molar refractivity (Wildman–Crippen MR) is 127 cm³/mol. The van der Waals surface area contributed by atoms with Crippen molar-refractivity contribution in [2.45, 2.75) is 76.5 Å². The third-order valence-corrected chi connectivity index (χ3v) is 6.34. The maximum absolute atomic E-state index is 13.5. The molecule has 32 heavy (non-hydrogen) atoms.